The Bertz CT molecular complexity index is 481. The summed E-state index contributed by atoms with van der Waals surface area (Å²) in [5.41, 5.74) is 5.08. The molecule has 0 aromatic heterocycles. The first kappa shape index (κ1) is 14.1. The van der Waals surface area contributed by atoms with Crippen LogP contribution < -0.4 is 11.1 Å². The van der Waals surface area contributed by atoms with E-state index in [0.717, 1.165) is 24.9 Å². The van der Waals surface area contributed by atoms with Crippen molar-refractivity contribution in [1.82, 2.24) is 0 Å². The van der Waals surface area contributed by atoms with Crippen molar-refractivity contribution in [2.45, 2.75) is 25.4 Å². The van der Waals surface area contributed by atoms with Crippen molar-refractivity contribution >= 4 is 22.9 Å². The molecule has 2 nitrogen and oxygen atoms in total. The minimum Gasteiger partial charge on any atom is -0.389 e. The summed E-state index contributed by atoms with van der Waals surface area (Å²) < 4.78 is 38.3. The first-order valence-electron chi connectivity index (χ1n) is 6.13. The molecule has 1 fully saturated rings. The van der Waals surface area contributed by atoms with Crippen LogP contribution in [0.3, 0.4) is 0 Å². The van der Waals surface area contributed by atoms with Crippen molar-refractivity contribution in [2.75, 3.05) is 11.9 Å². The number of alkyl halides is 3. The second-order valence-corrected chi connectivity index (χ2v) is 5.22. The monoisotopic (exact) mass is 288 g/mol. The zero-order valence-corrected chi connectivity index (χ0v) is 11.1. The van der Waals surface area contributed by atoms with Crippen LogP contribution in [0.5, 0.6) is 0 Å². The normalized spacial score (nSPS) is 15.3. The second kappa shape index (κ2) is 5.36. The molecule has 3 N–H and O–H groups in total. The highest BCUT2D eigenvalue weighted by molar-refractivity contribution is 7.80. The largest absolute Gasteiger partial charge is 0.417 e. The fourth-order valence-corrected chi connectivity index (χ4v) is 2.10. The van der Waals surface area contributed by atoms with Gasteiger partial charge in [-0.2, -0.15) is 13.2 Å². The third-order valence-corrected chi connectivity index (χ3v) is 3.39. The maximum absolute atomic E-state index is 12.8. The predicted octanol–water partition coefficient (Wildman–Crippen LogP) is 3.55. The standard InChI is InChI=1S/C13H15F3N2S/c14-13(15,16)11-4-3-9(7-10(11)12(17)19)18-6-5-8-1-2-8/h3-4,7-8,18H,1-2,5-6H2,(H2,17,19). The number of hydrogen-bond acceptors (Lipinski definition) is 2. The van der Waals surface area contributed by atoms with E-state index in [0.29, 0.717) is 5.69 Å². The minimum absolute atomic E-state index is 0.126. The zero-order valence-electron chi connectivity index (χ0n) is 10.3. The van der Waals surface area contributed by atoms with Crippen molar-refractivity contribution in [3.8, 4) is 0 Å². The number of anilines is 1. The van der Waals surface area contributed by atoms with Crippen molar-refractivity contribution < 1.29 is 13.2 Å². The molecule has 0 aliphatic heterocycles. The first-order chi connectivity index (χ1) is 8.88. The predicted molar refractivity (Wildman–Crippen MR) is 73.2 cm³/mol. The van der Waals surface area contributed by atoms with Gasteiger partial charge in [0.25, 0.3) is 0 Å². The van der Waals surface area contributed by atoms with E-state index in [4.69, 9.17) is 18.0 Å². The van der Waals surface area contributed by atoms with E-state index >= 15 is 0 Å². The first-order valence-corrected chi connectivity index (χ1v) is 6.53. The summed E-state index contributed by atoms with van der Waals surface area (Å²) in [7, 11) is 0. The molecule has 19 heavy (non-hydrogen) atoms. The number of thiocarbonyl (C=S) groups is 1. The van der Waals surface area contributed by atoms with Crippen molar-refractivity contribution in [2.24, 2.45) is 11.7 Å². The third-order valence-electron chi connectivity index (χ3n) is 3.17. The Kier molecular flexibility index (Phi) is 3.99. The van der Waals surface area contributed by atoms with Gasteiger partial charge in [-0.1, -0.05) is 25.1 Å². The number of benzene rings is 1. The van der Waals surface area contributed by atoms with Gasteiger partial charge in [0.15, 0.2) is 0 Å². The SMILES string of the molecule is NC(=S)c1cc(NCCC2CC2)ccc1C(F)(F)F. The van der Waals surface area contributed by atoms with Crippen LogP contribution >= 0.6 is 12.2 Å². The summed E-state index contributed by atoms with van der Waals surface area (Å²) in [6, 6.07) is 3.81. The average Bonchev–Trinajstić information content (AvgIpc) is 3.11. The van der Waals surface area contributed by atoms with Crippen LogP contribution in [0, 0.1) is 5.92 Å². The number of hydrogen-bond donors (Lipinski definition) is 2. The van der Waals surface area contributed by atoms with Gasteiger partial charge in [-0.05, 0) is 30.5 Å². The molecule has 1 aromatic rings. The van der Waals surface area contributed by atoms with E-state index in [1.165, 1.54) is 25.0 Å². The summed E-state index contributed by atoms with van der Waals surface area (Å²) in [5.74, 6) is 0.775. The molecule has 2 rings (SSSR count). The van der Waals surface area contributed by atoms with Crippen molar-refractivity contribution in [3.05, 3.63) is 29.3 Å². The fourth-order valence-electron chi connectivity index (χ4n) is 1.93. The molecule has 104 valence electrons. The number of rotatable bonds is 5. The van der Waals surface area contributed by atoms with Crippen LogP contribution in [-0.2, 0) is 6.18 Å². The topological polar surface area (TPSA) is 38.0 Å². The lowest BCUT2D eigenvalue weighted by atomic mass is 10.1. The lowest BCUT2D eigenvalue weighted by molar-refractivity contribution is -0.137. The molecule has 1 aliphatic rings. The number of nitrogens with one attached hydrogen (secondary N) is 1. The number of halogens is 3. The maximum atomic E-state index is 12.8. The molecule has 1 saturated carbocycles. The lowest BCUT2D eigenvalue weighted by Crippen LogP contribution is -2.18. The summed E-state index contributed by atoms with van der Waals surface area (Å²) >= 11 is 4.69. The summed E-state index contributed by atoms with van der Waals surface area (Å²) in [5, 5.41) is 3.11. The van der Waals surface area contributed by atoms with Crippen LogP contribution in [0.2, 0.25) is 0 Å². The highest BCUT2D eigenvalue weighted by Crippen LogP contribution is 2.34. The van der Waals surface area contributed by atoms with Gasteiger partial charge in [-0.15, -0.1) is 0 Å². The highest BCUT2D eigenvalue weighted by Gasteiger charge is 2.34. The van der Waals surface area contributed by atoms with E-state index in [9.17, 15) is 13.2 Å². The lowest BCUT2D eigenvalue weighted by Gasteiger charge is -2.14. The van der Waals surface area contributed by atoms with Crippen LogP contribution in [0.15, 0.2) is 18.2 Å². The van der Waals surface area contributed by atoms with E-state index in [-0.39, 0.29) is 10.6 Å². The van der Waals surface area contributed by atoms with Crippen LogP contribution in [0.4, 0.5) is 18.9 Å². The van der Waals surface area contributed by atoms with Gasteiger partial charge in [-0.25, -0.2) is 0 Å². The van der Waals surface area contributed by atoms with Crippen LogP contribution in [-0.4, -0.2) is 11.5 Å². The Hall–Kier alpha value is -1.30. The van der Waals surface area contributed by atoms with Crippen LogP contribution in [0.1, 0.15) is 30.4 Å². The van der Waals surface area contributed by atoms with Gasteiger partial charge in [0.1, 0.15) is 4.99 Å². The van der Waals surface area contributed by atoms with E-state index in [1.807, 2.05) is 0 Å². The van der Waals surface area contributed by atoms with Gasteiger partial charge < -0.3 is 11.1 Å². The van der Waals surface area contributed by atoms with Gasteiger partial charge in [0, 0.05) is 17.8 Å². The molecule has 0 bridgehead atoms. The van der Waals surface area contributed by atoms with Gasteiger partial charge in [-0.3, -0.25) is 0 Å². The fraction of sp³-hybridized carbons (Fsp3) is 0.462. The van der Waals surface area contributed by atoms with E-state index < -0.39 is 11.7 Å². The average molecular weight is 288 g/mol. The van der Waals surface area contributed by atoms with Gasteiger partial charge >= 0.3 is 6.18 Å². The molecule has 0 saturated heterocycles. The molecular weight excluding hydrogens is 273 g/mol. The second-order valence-electron chi connectivity index (χ2n) is 4.78. The molecule has 0 unspecified atom stereocenters. The molecule has 0 radical (unpaired) electrons. The van der Waals surface area contributed by atoms with Gasteiger partial charge in [0.2, 0.25) is 0 Å². The summed E-state index contributed by atoms with van der Waals surface area (Å²) in [4.78, 5) is -0.238. The Morgan fingerprint density at radius 2 is 2.05 bits per heavy atom. The van der Waals surface area contributed by atoms with Crippen LogP contribution in [0.25, 0.3) is 0 Å². The molecule has 1 aromatic carbocycles. The Labute approximate surface area is 115 Å². The molecule has 0 heterocycles. The highest BCUT2D eigenvalue weighted by atomic mass is 32.1. The van der Waals surface area contributed by atoms with Gasteiger partial charge in [0.05, 0.1) is 5.56 Å². The Morgan fingerprint density at radius 1 is 1.37 bits per heavy atom. The molecular formula is C13H15F3N2S. The molecule has 1 aliphatic carbocycles. The third kappa shape index (κ3) is 3.83. The molecule has 6 heteroatoms. The Balaban J connectivity index is 2.13. The minimum atomic E-state index is -4.44. The molecule has 0 spiro atoms. The smallest absolute Gasteiger partial charge is 0.389 e. The maximum Gasteiger partial charge on any atom is 0.417 e. The van der Waals surface area contributed by atoms with Crippen molar-refractivity contribution in [1.29, 1.82) is 0 Å². The zero-order chi connectivity index (χ0) is 14.0. The molecule has 0 atom stereocenters. The van der Waals surface area contributed by atoms with E-state index in [2.05, 4.69) is 5.32 Å². The van der Waals surface area contributed by atoms with E-state index in [1.54, 1.807) is 0 Å². The summed E-state index contributed by atoms with van der Waals surface area (Å²) in [6.45, 7) is 0.757. The quantitative estimate of drug-likeness (QED) is 0.814. The summed E-state index contributed by atoms with van der Waals surface area (Å²) in [6.07, 6.45) is -0.881. The van der Waals surface area contributed by atoms with Crippen molar-refractivity contribution in [3.63, 3.8) is 0 Å². The Morgan fingerprint density at radius 3 is 2.58 bits per heavy atom. The molecule has 0 amide bonds. The number of nitrogens with two attached hydrogens (primary N) is 1.